The summed E-state index contributed by atoms with van der Waals surface area (Å²) >= 11 is 0. The van der Waals surface area contributed by atoms with Gasteiger partial charge in [0.05, 0.1) is 18.4 Å². The van der Waals surface area contributed by atoms with E-state index in [0.717, 1.165) is 11.3 Å². The molecule has 0 aliphatic carbocycles. The van der Waals surface area contributed by atoms with Crippen LogP contribution in [0.1, 0.15) is 11.3 Å². The van der Waals surface area contributed by atoms with Crippen LogP contribution in [0.15, 0.2) is 47.8 Å². The molecule has 3 aromatic rings. The van der Waals surface area contributed by atoms with E-state index in [9.17, 15) is 4.79 Å². The zero-order chi connectivity index (χ0) is 13.2. The van der Waals surface area contributed by atoms with Crippen LogP contribution in [0.25, 0.3) is 5.52 Å². The van der Waals surface area contributed by atoms with Crippen molar-refractivity contribution in [3.8, 4) is 0 Å². The zero-order valence-corrected chi connectivity index (χ0v) is 10.2. The molecule has 96 valence electrons. The molecule has 0 amide bonds. The van der Waals surface area contributed by atoms with E-state index in [4.69, 9.17) is 5.73 Å². The molecule has 6 heteroatoms. The van der Waals surface area contributed by atoms with Gasteiger partial charge in [-0.3, -0.25) is 9.78 Å². The average Bonchev–Trinajstić information content (AvgIpc) is 2.92. The first-order chi connectivity index (χ1) is 9.29. The molecule has 0 atom stereocenters. The second kappa shape index (κ2) is 4.66. The van der Waals surface area contributed by atoms with Crippen LogP contribution in [0.4, 0.5) is 0 Å². The maximum atomic E-state index is 12.2. The fourth-order valence-corrected chi connectivity index (χ4v) is 2.07. The topological polar surface area (TPSA) is 78.2 Å². The van der Waals surface area contributed by atoms with Gasteiger partial charge in [0.25, 0.3) is 5.56 Å². The Morgan fingerprint density at radius 2 is 2.11 bits per heavy atom. The molecule has 3 rings (SSSR count). The number of rotatable bonds is 3. The third-order valence-corrected chi connectivity index (χ3v) is 3.06. The summed E-state index contributed by atoms with van der Waals surface area (Å²) in [6, 6.07) is 5.48. The molecule has 3 heterocycles. The van der Waals surface area contributed by atoms with Crippen molar-refractivity contribution in [2.75, 3.05) is 0 Å². The molecule has 0 aliphatic heterocycles. The molecular weight excluding hydrogens is 242 g/mol. The summed E-state index contributed by atoms with van der Waals surface area (Å²) in [5.41, 5.74) is 7.89. The van der Waals surface area contributed by atoms with Gasteiger partial charge >= 0.3 is 0 Å². The number of fused-ring (bicyclic) bond motifs is 1. The van der Waals surface area contributed by atoms with Crippen molar-refractivity contribution in [1.29, 1.82) is 0 Å². The molecule has 0 bridgehead atoms. The van der Waals surface area contributed by atoms with Crippen LogP contribution in [0, 0.1) is 0 Å². The maximum Gasteiger partial charge on any atom is 0.276 e. The van der Waals surface area contributed by atoms with E-state index < -0.39 is 0 Å². The predicted octanol–water partition coefficient (Wildman–Crippen LogP) is 0.398. The molecule has 0 aliphatic rings. The number of pyridine rings is 1. The minimum atomic E-state index is -0.0770. The minimum Gasteiger partial charge on any atom is -0.325 e. The second-order valence-electron chi connectivity index (χ2n) is 4.21. The molecule has 2 N–H and O–H groups in total. The highest BCUT2D eigenvalue weighted by Gasteiger charge is 2.06. The predicted molar refractivity (Wildman–Crippen MR) is 70.7 cm³/mol. The van der Waals surface area contributed by atoms with Crippen molar-refractivity contribution in [2.24, 2.45) is 5.73 Å². The summed E-state index contributed by atoms with van der Waals surface area (Å²) in [5.74, 6) is 0. The SMILES string of the molecule is NCc1ncccc1Cn1ccn2nccc2c1=O. The van der Waals surface area contributed by atoms with Gasteiger partial charge in [0, 0.05) is 25.1 Å². The van der Waals surface area contributed by atoms with E-state index in [0.29, 0.717) is 18.6 Å². The minimum absolute atomic E-state index is 0.0770. The van der Waals surface area contributed by atoms with Crippen molar-refractivity contribution in [1.82, 2.24) is 19.2 Å². The molecule has 0 fully saturated rings. The highest BCUT2D eigenvalue weighted by Crippen LogP contribution is 2.06. The first-order valence-electron chi connectivity index (χ1n) is 5.95. The first kappa shape index (κ1) is 11.6. The Bertz CT molecular complexity index is 774. The lowest BCUT2D eigenvalue weighted by molar-refractivity contribution is 0.729. The van der Waals surface area contributed by atoms with Crippen molar-refractivity contribution in [3.05, 3.63) is 64.6 Å². The summed E-state index contributed by atoms with van der Waals surface area (Å²) in [4.78, 5) is 16.5. The first-order valence-corrected chi connectivity index (χ1v) is 5.95. The summed E-state index contributed by atoms with van der Waals surface area (Å²) in [5, 5.41) is 4.03. The van der Waals surface area contributed by atoms with Gasteiger partial charge in [-0.15, -0.1) is 0 Å². The van der Waals surface area contributed by atoms with E-state index in [1.54, 1.807) is 39.9 Å². The van der Waals surface area contributed by atoms with Gasteiger partial charge in [0.2, 0.25) is 0 Å². The standard InChI is InChI=1S/C13H13N5O/c14-8-11-10(2-1-4-15-11)9-17-6-7-18-12(13(17)19)3-5-16-18/h1-7H,8-9,14H2. The zero-order valence-electron chi connectivity index (χ0n) is 10.2. The van der Waals surface area contributed by atoms with Crippen LogP contribution < -0.4 is 11.3 Å². The Kier molecular flexibility index (Phi) is 2.85. The van der Waals surface area contributed by atoms with E-state index in [-0.39, 0.29) is 5.56 Å². The van der Waals surface area contributed by atoms with Gasteiger partial charge in [-0.05, 0) is 17.7 Å². The van der Waals surface area contributed by atoms with Crippen LogP contribution >= 0.6 is 0 Å². The van der Waals surface area contributed by atoms with Gasteiger partial charge < -0.3 is 10.3 Å². The molecule has 3 aromatic heterocycles. The highest BCUT2D eigenvalue weighted by molar-refractivity contribution is 5.42. The molecule has 0 saturated heterocycles. The van der Waals surface area contributed by atoms with Gasteiger partial charge in [-0.2, -0.15) is 5.10 Å². The van der Waals surface area contributed by atoms with E-state index >= 15 is 0 Å². The molecule has 0 radical (unpaired) electrons. The van der Waals surface area contributed by atoms with Gasteiger partial charge in [0.1, 0.15) is 5.52 Å². The van der Waals surface area contributed by atoms with Crippen LogP contribution in [0.2, 0.25) is 0 Å². The number of hydrogen-bond acceptors (Lipinski definition) is 4. The van der Waals surface area contributed by atoms with Crippen molar-refractivity contribution < 1.29 is 0 Å². The van der Waals surface area contributed by atoms with E-state index in [1.807, 2.05) is 12.1 Å². The number of nitrogens with zero attached hydrogens (tertiary/aromatic N) is 4. The van der Waals surface area contributed by atoms with Crippen molar-refractivity contribution in [3.63, 3.8) is 0 Å². The Balaban J connectivity index is 2.06. The fourth-order valence-electron chi connectivity index (χ4n) is 2.07. The molecule has 0 unspecified atom stereocenters. The maximum absolute atomic E-state index is 12.2. The summed E-state index contributed by atoms with van der Waals surface area (Å²) in [6.07, 6.45) is 6.79. The Hall–Kier alpha value is -2.47. The van der Waals surface area contributed by atoms with Crippen LogP contribution in [-0.4, -0.2) is 19.2 Å². The summed E-state index contributed by atoms with van der Waals surface area (Å²) in [7, 11) is 0. The third kappa shape index (κ3) is 2.02. The Morgan fingerprint density at radius 3 is 2.95 bits per heavy atom. The summed E-state index contributed by atoms with van der Waals surface area (Å²) < 4.78 is 3.19. The normalized spacial score (nSPS) is 11.0. The van der Waals surface area contributed by atoms with Crippen molar-refractivity contribution in [2.45, 2.75) is 13.1 Å². The molecule has 0 aromatic carbocycles. The van der Waals surface area contributed by atoms with Crippen LogP contribution in [0.3, 0.4) is 0 Å². The van der Waals surface area contributed by atoms with Gasteiger partial charge in [-0.1, -0.05) is 6.07 Å². The van der Waals surface area contributed by atoms with Gasteiger partial charge in [-0.25, -0.2) is 4.52 Å². The molecule has 19 heavy (non-hydrogen) atoms. The third-order valence-electron chi connectivity index (χ3n) is 3.06. The lowest BCUT2D eigenvalue weighted by atomic mass is 10.2. The molecular formula is C13H13N5O. The molecule has 6 nitrogen and oxygen atoms in total. The lowest BCUT2D eigenvalue weighted by Crippen LogP contribution is -2.22. The number of nitrogens with two attached hydrogens (primary N) is 1. The van der Waals surface area contributed by atoms with E-state index in [1.165, 1.54) is 0 Å². The second-order valence-corrected chi connectivity index (χ2v) is 4.21. The summed E-state index contributed by atoms with van der Waals surface area (Å²) in [6.45, 7) is 0.820. The van der Waals surface area contributed by atoms with Crippen LogP contribution in [0.5, 0.6) is 0 Å². The molecule has 0 spiro atoms. The Morgan fingerprint density at radius 1 is 1.21 bits per heavy atom. The fraction of sp³-hybridized carbons (Fsp3) is 0.154. The number of aromatic nitrogens is 4. The average molecular weight is 255 g/mol. The van der Waals surface area contributed by atoms with E-state index in [2.05, 4.69) is 10.1 Å². The van der Waals surface area contributed by atoms with Crippen LogP contribution in [-0.2, 0) is 13.1 Å². The largest absolute Gasteiger partial charge is 0.325 e. The quantitative estimate of drug-likeness (QED) is 0.734. The Labute approximate surface area is 109 Å². The highest BCUT2D eigenvalue weighted by atomic mass is 16.1. The number of hydrogen-bond donors (Lipinski definition) is 1. The van der Waals surface area contributed by atoms with Crippen molar-refractivity contribution >= 4 is 5.52 Å². The monoisotopic (exact) mass is 255 g/mol. The molecule has 0 saturated carbocycles. The lowest BCUT2D eigenvalue weighted by Gasteiger charge is -2.09. The van der Waals surface area contributed by atoms with Gasteiger partial charge in [0.15, 0.2) is 0 Å². The smallest absolute Gasteiger partial charge is 0.276 e.